The summed E-state index contributed by atoms with van der Waals surface area (Å²) in [5, 5.41) is 10.3. The van der Waals surface area contributed by atoms with Gasteiger partial charge in [-0.05, 0) is 24.5 Å². The van der Waals surface area contributed by atoms with Crippen molar-refractivity contribution in [2.75, 3.05) is 5.75 Å². The summed E-state index contributed by atoms with van der Waals surface area (Å²) in [6, 6.07) is 10.5. The monoisotopic (exact) mass is 280 g/mol. The van der Waals surface area contributed by atoms with Gasteiger partial charge in [0.2, 0.25) is 0 Å². The molecule has 0 radical (unpaired) electrons. The van der Waals surface area contributed by atoms with Crippen LogP contribution in [0.25, 0.3) is 0 Å². The second kappa shape index (κ2) is 10.3. The highest BCUT2D eigenvalue weighted by molar-refractivity contribution is 7.99. The Bertz CT molecular complexity index is 312. The molecular weight excluding hydrogens is 252 g/mol. The molecule has 1 nitrogen and oxygen atoms in total. The summed E-state index contributed by atoms with van der Waals surface area (Å²) in [6.45, 7) is 4.41. The van der Waals surface area contributed by atoms with Gasteiger partial charge < -0.3 is 5.11 Å². The Balaban J connectivity index is 2.27. The van der Waals surface area contributed by atoms with Crippen molar-refractivity contribution in [2.45, 2.75) is 63.4 Å². The molecule has 2 heteroatoms. The van der Waals surface area contributed by atoms with Crippen molar-refractivity contribution in [3.8, 4) is 0 Å². The van der Waals surface area contributed by atoms with Crippen LogP contribution in [0.5, 0.6) is 0 Å². The standard InChI is InChI=1S/C17H28OS/c1-3-5-6-10-13-17(18)15(4-2)14-19-16-11-8-7-9-12-16/h7-9,11-12,15,17-18H,3-6,10,13-14H2,1-2H3/t15-,17-/m0/s1. The maximum Gasteiger partial charge on any atom is 0.0576 e. The van der Waals surface area contributed by atoms with E-state index in [4.69, 9.17) is 0 Å². The van der Waals surface area contributed by atoms with Gasteiger partial charge in [-0.2, -0.15) is 0 Å². The zero-order valence-electron chi connectivity index (χ0n) is 12.3. The summed E-state index contributed by atoms with van der Waals surface area (Å²) in [6.07, 6.45) is 6.89. The Kier molecular flexibility index (Phi) is 9.02. The average molecular weight is 280 g/mol. The number of rotatable bonds is 10. The predicted octanol–water partition coefficient (Wildman–Crippen LogP) is 5.14. The van der Waals surface area contributed by atoms with Crippen molar-refractivity contribution in [3.05, 3.63) is 30.3 Å². The van der Waals surface area contributed by atoms with Crippen LogP contribution in [0, 0.1) is 5.92 Å². The van der Waals surface area contributed by atoms with Crippen molar-refractivity contribution in [1.29, 1.82) is 0 Å². The lowest BCUT2D eigenvalue weighted by Gasteiger charge is -2.21. The van der Waals surface area contributed by atoms with Gasteiger partial charge in [0.05, 0.1) is 6.10 Å². The molecule has 0 spiro atoms. The molecule has 0 heterocycles. The summed E-state index contributed by atoms with van der Waals surface area (Å²) in [5.41, 5.74) is 0. The zero-order chi connectivity index (χ0) is 13.9. The van der Waals surface area contributed by atoms with Crippen molar-refractivity contribution in [3.63, 3.8) is 0 Å². The first-order valence-electron chi connectivity index (χ1n) is 7.63. The van der Waals surface area contributed by atoms with E-state index in [0.29, 0.717) is 5.92 Å². The normalized spacial score (nSPS) is 14.3. The van der Waals surface area contributed by atoms with Crippen molar-refractivity contribution in [1.82, 2.24) is 0 Å². The van der Waals surface area contributed by atoms with E-state index in [9.17, 15) is 5.11 Å². The van der Waals surface area contributed by atoms with Crippen LogP contribution in [0.3, 0.4) is 0 Å². The molecular formula is C17H28OS. The molecule has 0 aliphatic carbocycles. The first-order valence-corrected chi connectivity index (χ1v) is 8.62. The first kappa shape index (κ1) is 16.6. The number of benzene rings is 1. The number of unbranched alkanes of at least 4 members (excludes halogenated alkanes) is 3. The third-order valence-corrected chi connectivity index (χ3v) is 4.83. The Labute approximate surface area is 122 Å². The molecule has 0 amide bonds. The minimum atomic E-state index is -0.127. The van der Waals surface area contributed by atoms with Crippen LogP contribution in [0.15, 0.2) is 35.2 Å². The Hall–Kier alpha value is -0.470. The fourth-order valence-corrected chi connectivity index (χ4v) is 3.45. The molecule has 1 aromatic rings. The fraction of sp³-hybridized carbons (Fsp3) is 0.647. The van der Waals surface area contributed by atoms with Crippen LogP contribution < -0.4 is 0 Å². The van der Waals surface area contributed by atoms with Crippen LogP contribution in [0.1, 0.15) is 52.4 Å². The summed E-state index contributed by atoms with van der Waals surface area (Å²) in [4.78, 5) is 1.30. The Morgan fingerprint density at radius 3 is 2.42 bits per heavy atom. The molecule has 0 aromatic heterocycles. The second-order valence-corrected chi connectivity index (χ2v) is 6.30. The lowest BCUT2D eigenvalue weighted by atomic mass is 9.96. The molecule has 2 atom stereocenters. The third kappa shape index (κ3) is 7.03. The van der Waals surface area contributed by atoms with E-state index in [1.807, 2.05) is 17.8 Å². The van der Waals surface area contributed by atoms with E-state index >= 15 is 0 Å². The van der Waals surface area contributed by atoms with Crippen LogP contribution in [0.2, 0.25) is 0 Å². The van der Waals surface area contributed by atoms with Gasteiger partial charge in [0.25, 0.3) is 0 Å². The number of aliphatic hydroxyl groups excluding tert-OH is 1. The third-order valence-electron chi connectivity index (χ3n) is 3.63. The predicted molar refractivity (Wildman–Crippen MR) is 85.7 cm³/mol. The van der Waals surface area contributed by atoms with Gasteiger partial charge in [0.15, 0.2) is 0 Å². The van der Waals surface area contributed by atoms with E-state index in [1.165, 1.54) is 30.6 Å². The van der Waals surface area contributed by atoms with Crippen LogP contribution >= 0.6 is 11.8 Å². The van der Waals surface area contributed by atoms with Crippen molar-refractivity contribution >= 4 is 11.8 Å². The summed E-state index contributed by atoms with van der Waals surface area (Å²) < 4.78 is 0. The van der Waals surface area contributed by atoms with Gasteiger partial charge >= 0.3 is 0 Å². The van der Waals surface area contributed by atoms with Crippen molar-refractivity contribution in [2.24, 2.45) is 5.92 Å². The van der Waals surface area contributed by atoms with Crippen LogP contribution in [-0.4, -0.2) is 17.0 Å². The zero-order valence-corrected chi connectivity index (χ0v) is 13.2. The van der Waals surface area contributed by atoms with E-state index in [-0.39, 0.29) is 6.10 Å². The number of hydrogen-bond donors (Lipinski definition) is 1. The molecule has 108 valence electrons. The second-order valence-electron chi connectivity index (χ2n) is 5.21. The summed E-state index contributed by atoms with van der Waals surface area (Å²) >= 11 is 1.87. The molecule has 19 heavy (non-hydrogen) atoms. The number of aliphatic hydroxyl groups is 1. The Morgan fingerprint density at radius 1 is 1.05 bits per heavy atom. The highest BCUT2D eigenvalue weighted by atomic mass is 32.2. The lowest BCUT2D eigenvalue weighted by molar-refractivity contribution is 0.105. The summed E-state index contributed by atoms with van der Waals surface area (Å²) in [7, 11) is 0. The minimum absolute atomic E-state index is 0.127. The van der Waals surface area contributed by atoms with Crippen LogP contribution in [-0.2, 0) is 0 Å². The highest BCUT2D eigenvalue weighted by Crippen LogP contribution is 2.25. The smallest absolute Gasteiger partial charge is 0.0576 e. The van der Waals surface area contributed by atoms with E-state index in [0.717, 1.165) is 18.6 Å². The molecule has 0 aliphatic heterocycles. The molecule has 1 rings (SSSR count). The minimum Gasteiger partial charge on any atom is -0.393 e. The van der Waals surface area contributed by atoms with Crippen molar-refractivity contribution < 1.29 is 5.11 Å². The molecule has 0 unspecified atom stereocenters. The fourth-order valence-electron chi connectivity index (χ4n) is 2.24. The van der Waals surface area contributed by atoms with Gasteiger partial charge in [-0.3, -0.25) is 0 Å². The van der Waals surface area contributed by atoms with Gasteiger partial charge in [0.1, 0.15) is 0 Å². The van der Waals surface area contributed by atoms with Gasteiger partial charge in [0, 0.05) is 10.6 Å². The number of thioether (sulfide) groups is 1. The molecule has 0 fully saturated rings. The quantitative estimate of drug-likeness (QED) is 0.473. The van der Waals surface area contributed by atoms with Gasteiger partial charge in [-0.25, -0.2) is 0 Å². The maximum absolute atomic E-state index is 10.3. The molecule has 1 N–H and O–H groups in total. The molecule has 0 saturated carbocycles. The lowest BCUT2D eigenvalue weighted by Crippen LogP contribution is -2.21. The Morgan fingerprint density at radius 2 is 1.79 bits per heavy atom. The van der Waals surface area contributed by atoms with Gasteiger partial charge in [-0.15, -0.1) is 11.8 Å². The SMILES string of the molecule is CCCCCC[C@H](O)[C@@H](CC)CSc1ccccc1. The van der Waals surface area contributed by atoms with E-state index in [1.54, 1.807) is 0 Å². The van der Waals surface area contributed by atoms with E-state index in [2.05, 4.69) is 38.1 Å². The molecule has 1 aromatic carbocycles. The van der Waals surface area contributed by atoms with Crippen LogP contribution in [0.4, 0.5) is 0 Å². The van der Waals surface area contributed by atoms with Gasteiger partial charge in [-0.1, -0.05) is 64.2 Å². The van der Waals surface area contributed by atoms with E-state index < -0.39 is 0 Å². The maximum atomic E-state index is 10.3. The topological polar surface area (TPSA) is 20.2 Å². The number of hydrogen-bond acceptors (Lipinski definition) is 2. The largest absolute Gasteiger partial charge is 0.393 e. The molecule has 0 saturated heterocycles. The molecule has 0 aliphatic rings. The molecule has 0 bridgehead atoms. The summed E-state index contributed by atoms with van der Waals surface area (Å²) in [5.74, 6) is 1.45. The average Bonchev–Trinajstić information content (AvgIpc) is 2.45. The first-order chi connectivity index (χ1) is 9.27. The highest BCUT2D eigenvalue weighted by Gasteiger charge is 2.17.